The van der Waals surface area contributed by atoms with Crippen molar-refractivity contribution in [3.63, 3.8) is 0 Å². The van der Waals surface area contributed by atoms with Crippen LogP contribution < -0.4 is 11.2 Å². The van der Waals surface area contributed by atoms with Gasteiger partial charge in [0.15, 0.2) is 0 Å². The van der Waals surface area contributed by atoms with Crippen molar-refractivity contribution in [3.05, 3.63) is 34.4 Å². The van der Waals surface area contributed by atoms with Crippen LogP contribution in [0.15, 0.2) is 22.2 Å². The summed E-state index contributed by atoms with van der Waals surface area (Å²) in [6, 6.07) is 4.38. The smallest absolute Gasteiger partial charge is 0.209 e. The van der Waals surface area contributed by atoms with Crippen molar-refractivity contribution in [1.82, 2.24) is 5.43 Å². The van der Waals surface area contributed by atoms with Crippen LogP contribution in [-0.2, 0) is 6.42 Å². The van der Waals surface area contributed by atoms with Gasteiger partial charge in [0.25, 0.3) is 0 Å². The van der Waals surface area contributed by atoms with Crippen LogP contribution >= 0.6 is 0 Å². The topological polar surface area (TPSA) is 62.8 Å². The summed E-state index contributed by atoms with van der Waals surface area (Å²) in [5, 5.41) is 4.24. The quantitative estimate of drug-likeness (QED) is 0.419. The lowest BCUT2D eigenvalue weighted by molar-refractivity contribution is 0.972. The van der Waals surface area contributed by atoms with E-state index in [1.807, 2.05) is 0 Å². The summed E-state index contributed by atoms with van der Waals surface area (Å²) in [4.78, 5) is 3.79. The maximum absolute atomic E-state index is 5.51. The number of hydrogen-bond donors (Lipinski definition) is 2. The van der Waals surface area contributed by atoms with Crippen molar-refractivity contribution < 1.29 is 0 Å². The number of hydrazone groups is 1. The average Bonchev–Trinajstić information content (AvgIpc) is 2.19. The van der Waals surface area contributed by atoms with Gasteiger partial charge < -0.3 is 5.73 Å². The van der Waals surface area contributed by atoms with E-state index in [-0.39, 0.29) is 0 Å². The third-order valence-corrected chi connectivity index (χ3v) is 2.75. The first kappa shape index (κ1) is 10.7. The summed E-state index contributed by atoms with van der Waals surface area (Å²) in [5.41, 5.74) is 14.5. The molecular formula is C12H16N4. The normalized spacial score (nSPS) is 16.9. The largest absolute Gasteiger partial charge is 0.369 e. The number of fused-ring (bicyclic) bond motifs is 1. The second-order valence-corrected chi connectivity index (χ2v) is 4.07. The van der Waals surface area contributed by atoms with E-state index in [0.29, 0.717) is 5.96 Å². The van der Waals surface area contributed by atoms with E-state index in [2.05, 4.69) is 41.5 Å². The van der Waals surface area contributed by atoms with Gasteiger partial charge in [0, 0.05) is 19.0 Å². The molecule has 84 valence electrons. The van der Waals surface area contributed by atoms with Gasteiger partial charge in [-0.05, 0) is 25.0 Å². The highest BCUT2D eigenvalue weighted by atomic mass is 15.4. The first-order chi connectivity index (χ1) is 7.61. The van der Waals surface area contributed by atoms with Crippen molar-refractivity contribution in [3.8, 4) is 0 Å². The molecule has 4 heteroatoms. The Labute approximate surface area is 95.3 Å². The third kappa shape index (κ3) is 1.78. The van der Waals surface area contributed by atoms with Crippen LogP contribution in [0.1, 0.15) is 22.3 Å². The molecule has 0 heterocycles. The lowest BCUT2D eigenvalue weighted by Crippen LogP contribution is -2.31. The maximum Gasteiger partial charge on any atom is 0.209 e. The lowest BCUT2D eigenvalue weighted by atomic mass is 9.82. The van der Waals surface area contributed by atoms with Crippen molar-refractivity contribution in [1.29, 1.82) is 0 Å². The lowest BCUT2D eigenvalue weighted by Gasteiger charge is -2.24. The van der Waals surface area contributed by atoms with Gasteiger partial charge in [0.2, 0.25) is 5.96 Å². The number of nitrogens with two attached hydrogens (primary N) is 1. The van der Waals surface area contributed by atoms with E-state index in [4.69, 9.17) is 5.73 Å². The van der Waals surface area contributed by atoms with Crippen LogP contribution in [0.5, 0.6) is 0 Å². The molecule has 4 nitrogen and oxygen atoms in total. The van der Waals surface area contributed by atoms with Crippen LogP contribution in [-0.4, -0.2) is 18.7 Å². The molecule has 16 heavy (non-hydrogen) atoms. The van der Waals surface area contributed by atoms with Gasteiger partial charge in [-0.25, -0.2) is 5.43 Å². The van der Waals surface area contributed by atoms with Crippen LogP contribution in [0, 0.1) is 13.8 Å². The molecule has 1 aliphatic rings. The highest BCUT2D eigenvalue weighted by Crippen LogP contribution is 2.28. The molecule has 0 unspecified atom stereocenters. The number of aryl methyl sites for hydroxylation is 2. The number of aliphatic imine (C=N–C) groups is 1. The molecule has 1 aromatic carbocycles. The fourth-order valence-electron chi connectivity index (χ4n) is 2.04. The first-order valence-corrected chi connectivity index (χ1v) is 5.27. The second kappa shape index (κ2) is 3.96. The van der Waals surface area contributed by atoms with E-state index >= 15 is 0 Å². The highest BCUT2D eigenvalue weighted by molar-refractivity contribution is 6.11. The van der Waals surface area contributed by atoms with E-state index < -0.39 is 0 Å². The number of nitrogens with one attached hydrogen (secondary N) is 1. The van der Waals surface area contributed by atoms with Crippen molar-refractivity contribution in [2.75, 3.05) is 7.05 Å². The summed E-state index contributed by atoms with van der Waals surface area (Å²) >= 11 is 0. The predicted octanol–water partition coefficient (Wildman–Crippen LogP) is 1.10. The van der Waals surface area contributed by atoms with Gasteiger partial charge in [-0.15, -0.1) is 0 Å². The third-order valence-electron chi connectivity index (χ3n) is 2.75. The molecule has 0 atom stereocenters. The SMILES string of the molecule is CN=C(N)NN=C1Cc2cc(C)cc(C)c21. The van der Waals surface area contributed by atoms with Crippen LogP contribution in [0.2, 0.25) is 0 Å². The molecule has 0 saturated carbocycles. The second-order valence-electron chi connectivity index (χ2n) is 4.07. The zero-order chi connectivity index (χ0) is 11.7. The summed E-state index contributed by atoms with van der Waals surface area (Å²) < 4.78 is 0. The van der Waals surface area contributed by atoms with E-state index in [9.17, 15) is 0 Å². The Hall–Kier alpha value is -1.84. The van der Waals surface area contributed by atoms with E-state index in [0.717, 1.165) is 12.1 Å². The van der Waals surface area contributed by atoms with Gasteiger partial charge in [0.05, 0.1) is 5.71 Å². The van der Waals surface area contributed by atoms with Crippen molar-refractivity contribution >= 4 is 11.7 Å². The summed E-state index contributed by atoms with van der Waals surface area (Å²) in [6.07, 6.45) is 0.905. The minimum Gasteiger partial charge on any atom is -0.369 e. The number of benzene rings is 1. The van der Waals surface area contributed by atoms with Gasteiger partial charge in [-0.3, -0.25) is 4.99 Å². The van der Waals surface area contributed by atoms with Gasteiger partial charge in [0.1, 0.15) is 0 Å². The average molecular weight is 216 g/mol. The van der Waals surface area contributed by atoms with Crippen LogP contribution in [0.25, 0.3) is 0 Å². The Bertz CT molecular complexity index is 469. The molecule has 0 amide bonds. The molecular weight excluding hydrogens is 200 g/mol. The Morgan fingerprint density at radius 2 is 2.12 bits per heavy atom. The number of rotatable bonds is 1. The zero-order valence-electron chi connectivity index (χ0n) is 9.83. The van der Waals surface area contributed by atoms with E-state index in [1.165, 1.54) is 22.3 Å². The monoisotopic (exact) mass is 216 g/mol. The number of nitrogens with zero attached hydrogens (tertiary/aromatic N) is 2. The molecule has 3 N–H and O–H groups in total. The molecule has 0 bridgehead atoms. The summed E-state index contributed by atoms with van der Waals surface area (Å²) in [7, 11) is 1.63. The molecule has 0 saturated heterocycles. The first-order valence-electron chi connectivity index (χ1n) is 5.27. The fourth-order valence-corrected chi connectivity index (χ4v) is 2.04. The van der Waals surface area contributed by atoms with Crippen LogP contribution in [0.3, 0.4) is 0 Å². The van der Waals surface area contributed by atoms with Gasteiger partial charge in [-0.2, -0.15) is 5.10 Å². The molecule has 1 aliphatic carbocycles. The number of guanidine groups is 1. The predicted molar refractivity (Wildman–Crippen MR) is 66.8 cm³/mol. The Morgan fingerprint density at radius 1 is 1.38 bits per heavy atom. The molecule has 0 aromatic heterocycles. The standard InChI is InChI=1S/C12H16N4/c1-7-4-8(2)11-9(5-7)6-10(11)15-16-12(13)14-3/h4-5H,6H2,1-3H3,(H3,13,14,16). The molecule has 0 fully saturated rings. The van der Waals surface area contributed by atoms with Gasteiger partial charge >= 0.3 is 0 Å². The Morgan fingerprint density at radius 3 is 2.75 bits per heavy atom. The summed E-state index contributed by atoms with van der Waals surface area (Å²) in [5.74, 6) is 0.339. The molecule has 0 radical (unpaired) electrons. The van der Waals surface area contributed by atoms with E-state index in [1.54, 1.807) is 7.05 Å². The molecule has 0 spiro atoms. The van der Waals surface area contributed by atoms with Crippen molar-refractivity contribution in [2.45, 2.75) is 20.3 Å². The molecule has 2 rings (SSSR count). The Kier molecular flexibility index (Phi) is 2.64. The minimum atomic E-state index is 0.339. The summed E-state index contributed by atoms with van der Waals surface area (Å²) in [6.45, 7) is 4.22. The molecule has 0 aliphatic heterocycles. The highest BCUT2D eigenvalue weighted by Gasteiger charge is 2.23. The van der Waals surface area contributed by atoms with Crippen molar-refractivity contribution in [2.24, 2.45) is 15.8 Å². The Balaban J connectivity index is 2.25. The fraction of sp³-hybridized carbons (Fsp3) is 0.333. The van der Waals surface area contributed by atoms with Gasteiger partial charge in [-0.1, -0.05) is 17.7 Å². The minimum absolute atomic E-state index is 0.339. The number of hydrogen-bond acceptors (Lipinski definition) is 2. The zero-order valence-corrected chi connectivity index (χ0v) is 9.83. The maximum atomic E-state index is 5.51. The molecule has 1 aromatic rings. The van der Waals surface area contributed by atoms with Crippen LogP contribution in [0.4, 0.5) is 0 Å².